The average Bonchev–Trinajstić information content (AvgIpc) is 2.92. The van der Waals surface area contributed by atoms with Crippen LogP contribution in [-0.4, -0.2) is 48.9 Å². The molecule has 1 atom stereocenters. The summed E-state index contributed by atoms with van der Waals surface area (Å²) >= 11 is 0. The van der Waals surface area contributed by atoms with E-state index >= 15 is 0 Å². The minimum absolute atomic E-state index is 0. The van der Waals surface area contributed by atoms with Crippen LogP contribution in [0, 0.1) is 0 Å². The molecule has 1 unspecified atom stereocenters. The number of hydrogen-bond donors (Lipinski definition) is 2. The van der Waals surface area contributed by atoms with Crippen LogP contribution in [0.4, 0.5) is 0 Å². The first-order chi connectivity index (χ1) is 9.27. The van der Waals surface area contributed by atoms with Gasteiger partial charge in [0.25, 0.3) is 0 Å². The number of halogens is 1. The lowest BCUT2D eigenvalue weighted by molar-refractivity contribution is -0.133. The van der Waals surface area contributed by atoms with E-state index in [9.17, 15) is 9.59 Å². The van der Waals surface area contributed by atoms with E-state index in [2.05, 4.69) is 10.6 Å². The molecular weight excluding hydrogens is 278 g/mol. The van der Waals surface area contributed by atoms with Crippen molar-refractivity contribution in [3.05, 3.63) is 0 Å². The molecular formula is C14H26ClN3O2. The van der Waals surface area contributed by atoms with Gasteiger partial charge in [-0.2, -0.15) is 0 Å². The van der Waals surface area contributed by atoms with Crippen LogP contribution in [0.3, 0.4) is 0 Å². The molecule has 0 aromatic heterocycles. The van der Waals surface area contributed by atoms with Crippen LogP contribution in [0.25, 0.3) is 0 Å². The Balaban J connectivity index is 0.00000200. The fraction of sp³-hybridized carbons (Fsp3) is 0.857. The van der Waals surface area contributed by atoms with Crippen LogP contribution >= 0.6 is 12.4 Å². The van der Waals surface area contributed by atoms with Crippen LogP contribution in [-0.2, 0) is 9.59 Å². The fourth-order valence-electron chi connectivity index (χ4n) is 2.78. The van der Waals surface area contributed by atoms with Crippen LogP contribution in [0.1, 0.15) is 44.9 Å². The lowest BCUT2D eigenvalue weighted by Crippen LogP contribution is -2.45. The van der Waals surface area contributed by atoms with Crippen molar-refractivity contribution in [3.63, 3.8) is 0 Å². The van der Waals surface area contributed by atoms with E-state index in [0.717, 1.165) is 58.2 Å². The van der Waals surface area contributed by atoms with E-state index in [1.54, 1.807) is 0 Å². The Morgan fingerprint density at radius 1 is 1.05 bits per heavy atom. The summed E-state index contributed by atoms with van der Waals surface area (Å²) in [5.41, 5.74) is 0. The minimum atomic E-state index is -0.0202. The molecule has 2 aliphatic heterocycles. The Morgan fingerprint density at radius 3 is 2.60 bits per heavy atom. The van der Waals surface area contributed by atoms with Crippen LogP contribution in [0.2, 0.25) is 0 Å². The number of carbonyl (C=O) groups excluding carboxylic acids is 2. The van der Waals surface area contributed by atoms with E-state index < -0.39 is 0 Å². The van der Waals surface area contributed by atoms with E-state index in [1.807, 2.05) is 4.90 Å². The Hall–Kier alpha value is -0.810. The van der Waals surface area contributed by atoms with Crippen molar-refractivity contribution in [1.29, 1.82) is 0 Å². The molecule has 0 bridgehead atoms. The summed E-state index contributed by atoms with van der Waals surface area (Å²) in [6.07, 6.45) is 6.79. The average molecular weight is 304 g/mol. The number of nitrogens with one attached hydrogen (secondary N) is 2. The normalized spacial score (nSPS) is 25.3. The maximum Gasteiger partial charge on any atom is 0.239 e. The van der Waals surface area contributed by atoms with E-state index in [1.165, 1.54) is 0 Å². The van der Waals surface area contributed by atoms with Gasteiger partial charge in [-0.3, -0.25) is 9.59 Å². The fourth-order valence-corrected chi connectivity index (χ4v) is 2.78. The third kappa shape index (κ3) is 5.29. The molecule has 2 saturated heterocycles. The molecule has 0 aliphatic carbocycles. The van der Waals surface area contributed by atoms with Crippen molar-refractivity contribution < 1.29 is 9.59 Å². The Bertz CT molecular complexity index is 320. The Morgan fingerprint density at radius 2 is 1.85 bits per heavy atom. The Labute approximate surface area is 127 Å². The largest absolute Gasteiger partial charge is 0.356 e. The first kappa shape index (κ1) is 17.2. The molecule has 5 nitrogen and oxygen atoms in total. The first-order valence-corrected chi connectivity index (χ1v) is 7.56. The van der Waals surface area contributed by atoms with Crippen molar-refractivity contribution in [2.45, 2.75) is 51.0 Å². The molecule has 2 heterocycles. The van der Waals surface area contributed by atoms with Gasteiger partial charge in [0, 0.05) is 26.1 Å². The summed E-state index contributed by atoms with van der Waals surface area (Å²) < 4.78 is 0. The minimum Gasteiger partial charge on any atom is -0.356 e. The van der Waals surface area contributed by atoms with Gasteiger partial charge in [0.05, 0.1) is 6.04 Å². The van der Waals surface area contributed by atoms with Crippen LogP contribution in [0.5, 0.6) is 0 Å². The van der Waals surface area contributed by atoms with Gasteiger partial charge in [-0.15, -0.1) is 12.4 Å². The molecule has 6 heteroatoms. The van der Waals surface area contributed by atoms with Crippen LogP contribution < -0.4 is 10.6 Å². The van der Waals surface area contributed by atoms with Gasteiger partial charge < -0.3 is 15.5 Å². The first-order valence-electron chi connectivity index (χ1n) is 7.56. The van der Waals surface area contributed by atoms with Gasteiger partial charge in [-0.25, -0.2) is 0 Å². The molecule has 0 saturated carbocycles. The van der Waals surface area contributed by atoms with E-state index in [-0.39, 0.29) is 30.3 Å². The van der Waals surface area contributed by atoms with Crippen molar-refractivity contribution in [2.75, 3.05) is 26.2 Å². The number of carbonyl (C=O) groups is 2. The van der Waals surface area contributed by atoms with Crippen LogP contribution in [0.15, 0.2) is 0 Å². The van der Waals surface area contributed by atoms with E-state index in [0.29, 0.717) is 13.0 Å². The molecule has 0 aromatic carbocycles. The van der Waals surface area contributed by atoms with Crippen molar-refractivity contribution in [2.24, 2.45) is 0 Å². The third-order valence-corrected chi connectivity index (χ3v) is 3.96. The van der Waals surface area contributed by atoms with Gasteiger partial charge in [-0.1, -0.05) is 12.8 Å². The predicted molar refractivity (Wildman–Crippen MR) is 80.9 cm³/mol. The molecule has 2 N–H and O–H groups in total. The van der Waals surface area contributed by atoms with Crippen molar-refractivity contribution in [1.82, 2.24) is 15.5 Å². The zero-order valence-electron chi connectivity index (χ0n) is 12.0. The molecule has 0 aromatic rings. The van der Waals surface area contributed by atoms with Gasteiger partial charge in [0.2, 0.25) is 11.8 Å². The maximum atomic E-state index is 12.4. The number of nitrogens with zero attached hydrogens (tertiary/aromatic N) is 1. The number of rotatable bonds is 1. The zero-order chi connectivity index (χ0) is 13.5. The highest BCUT2D eigenvalue weighted by Gasteiger charge is 2.26. The highest BCUT2D eigenvalue weighted by Crippen LogP contribution is 2.11. The third-order valence-electron chi connectivity index (χ3n) is 3.96. The molecule has 0 spiro atoms. The molecule has 2 fully saturated rings. The quantitative estimate of drug-likeness (QED) is 0.762. The predicted octanol–water partition coefficient (Wildman–Crippen LogP) is 1.07. The topological polar surface area (TPSA) is 61.4 Å². The lowest BCUT2D eigenvalue weighted by Gasteiger charge is -2.25. The summed E-state index contributed by atoms with van der Waals surface area (Å²) in [6, 6.07) is -0.0202. The second-order valence-corrected chi connectivity index (χ2v) is 5.49. The standard InChI is InChI=1S/C14H25N3O2.ClH/c18-13-7-11-17(10-4-2-1-3-8-16-13)14(19)12-6-5-9-15-12;/h12,15H,1-11H2,(H,16,18);1H. The lowest BCUT2D eigenvalue weighted by atomic mass is 10.1. The molecule has 116 valence electrons. The van der Waals surface area contributed by atoms with Gasteiger partial charge in [0.15, 0.2) is 0 Å². The molecule has 2 aliphatic rings. The second kappa shape index (κ2) is 9.19. The van der Waals surface area contributed by atoms with E-state index in [4.69, 9.17) is 0 Å². The summed E-state index contributed by atoms with van der Waals surface area (Å²) in [7, 11) is 0. The monoisotopic (exact) mass is 303 g/mol. The van der Waals surface area contributed by atoms with Crippen molar-refractivity contribution in [3.8, 4) is 0 Å². The summed E-state index contributed by atoms with van der Waals surface area (Å²) in [6.45, 7) is 3.06. The highest BCUT2D eigenvalue weighted by molar-refractivity contribution is 5.85. The van der Waals surface area contributed by atoms with Gasteiger partial charge in [-0.05, 0) is 32.2 Å². The summed E-state index contributed by atoms with van der Waals surface area (Å²) in [4.78, 5) is 25.9. The Kier molecular flexibility index (Phi) is 7.92. The number of hydrogen-bond acceptors (Lipinski definition) is 3. The van der Waals surface area contributed by atoms with Gasteiger partial charge >= 0.3 is 0 Å². The highest BCUT2D eigenvalue weighted by atomic mass is 35.5. The molecule has 2 amide bonds. The second-order valence-electron chi connectivity index (χ2n) is 5.49. The molecule has 20 heavy (non-hydrogen) atoms. The maximum absolute atomic E-state index is 12.4. The molecule has 2 rings (SSSR count). The smallest absolute Gasteiger partial charge is 0.239 e. The SMILES string of the molecule is Cl.O=C1CCN(C(=O)C2CCCN2)CCCCCCN1. The number of amides is 2. The van der Waals surface area contributed by atoms with Gasteiger partial charge in [0.1, 0.15) is 0 Å². The summed E-state index contributed by atoms with van der Waals surface area (Å²) in [5.74, 6) is 0.253. The molecule has 0 radical (unpaired) electrons. The summed E-state index contributed by atoms with van der Waals surface area (Å²) in [5, 5.41) is 6.17. The van der Waals surface area contributed by atoms with Crippen molar-refractivity contribution >= 4 is 24.2 Å². The zero-order valence-corrected chi connectivity index (χ0v) is 12.8.